The van der Waals surface area contributed by atoms with Gasteiger partial charge in [0.1, 0.15) is 5.76 Å². The number of amides is 1. The van der Waals surface area contributed by atoms with Gasteiger partial charge in [-0.3, -0.25) is 4.79 Å². The number of hydrogen-bond acceptors (Lipinski definition) is 7. The number of nitrogens with one attached hydrogen (secondary N) is 1. The maximum Gasteiger partial charge on any atom is 0.229 e. The molecule has 1 aliphatic heterocycles. The minimum absolute atomic E-state index is 0.0359. The van der Waals surface area contributed by atoms with Crippen molar-refractivity contribution in [3.05, 3.63) is 24.0 Å². The molecule has 0 saturated carbocycles. The fourth-order valence-corrected chi connectivity index (χ4v) is 4.45. The Morgan fingerprint density at radius 1 is 1.35 bits per heavy atom. The Morgan fingerprint density at radius 2 is 2.08 bits per heavy atom. The van der Waals surface area contributed by atoms with E-state index in [1.807, 2.05) is 0 Å². The molecule has 3 heterocycles. The molecule has 0 bridgehead atoms. The van der Waals surface area contributed by atoms with Crippen molar-refractivity contribution >= 4 is 34.1 Å². The molecule has 1 saturated heterocycles. The third kappa shape index (κ3) is 5.08. The lowest BCUT2D eigenvalue weighted by Crippen LogP contribution is -2.35. The Hall–Kier alpha value is -1.38. The van der Waals surface area contributed by atoms with Crippen LogP contribution in [0.5, 0.6) is 0 Å². The number of oxazole rings is 1. The van der Waals surface area contributed by atoms with Crippen molar-refractivity contribution in [2.24, 2.45) is 5.92 Å². The molecule has 0 aromatic carbocycles. The molecule has 8 heteroatoms. The highest BCUT2D eigenvalue weighted by Crippen LogP contribution is 2.32. The van der Waals surface area contributed by atoms with Gasteiger partial charge in [-0.1, -0.05) is 32.1 Å². The number of thiazole rings is 1. The molecule has 26 heavy (non-hydrogen) atoms. The van der Waals surface area contributed by atoms with Crippen LogP contribution in [0.3, 0.4) is 0 Å². The predicted octanol–water partition coefficient (Wildman–Crippen LogP) is 4.00. The molecule has 1 fully saturated rings. The summed E-state index contributed by atoms with van der Waals surface area (Å²) >= 11 is 3.12. The van der Waals surface area contributed by atoms with Crippen molar-refractivity contribution < 1.29 is 9.21 Å². The number of rotatable bonds is 5. The first kappa shape index (κ1) is 19.4. The van der Waals surface area contributed by atoms with Crippen LogP contribution in [0.2, 0.25) is 0 Å². The summed E-state index contributed by atoms with van der Waals surface area (Å²) in [7, 11) is 2.09. The molecule has 3 rings (SSSR count). The second-order valence-electron chi connectivity index (χ2n) is 7.71. The predicted molar refractivity (Wildman–Crippen MR) is 106 cm³/mol. The highest BCUT2D eigenvalue weighted by Gasteiger charge is 2.24. The van der Waals surface area contributed by atoms with Crippen molar-refractivity contribution in [1.82, 2.24) is 14.9 Å². The highest BCUT2D eigenvalue weighted by atomic mass is 32.2. The zero-order valence-corrected chi connectivity index (χ0v) is 17.4. The lowest BCUT2D eigenvalue weighted by Gasteiger charge is -2.27. The summed E-state index contributed by atoms with van der Waals surface area (Å²) in [4.78, 5) is 23.3. The maximum atomic E-state index is 12.4. The van der Waals surface area contributed by atoms with Gasteiger partial charge in [-0.05, 0) is 33.0 Å². The van der Waals surface area contributed by atoms with Crippen molar-refractivity contribution in [1.29, 1.82) is 0 Å². The minimum Gasteiger partial charge on any atom is -0.444 e. The number of piperidine rings is 1. The lowest BCUT2D eigenvalue weighted by molar-refractivity contribution is -0.121. The molecular formula is C18H26N4O2S2. The molecule has 2 aromatic rings. The number of likely N-dealkylation sites (tertiary alicyclic amines) is 1. The van der Waals surface area contributed by atoms with Gasteiger partial charge in [0.15, 0.2) is 5.13 Å². The summed E-state index contributed by atoms with van der Waals surface area (Å²) in [5.41, 5.74) is -0.0359. The zero-order valence-electron chi connectivity index (χ0n) is 15.7. The van der Waals surface area contributed by atoms with Crippen LogP contribution < -0.4 is 5.32 Å². The summed E-state index contributed by atoms with van der Waals surface area (Å²) in [6, 6.07) is 0. The van der Waals surface area contributed by atoms with Crippen LogP contribution >= 0.6 is 23.1 Å². The van der Waals surface area contributed by atoms with Gasteiger partial charge >= 0.3 is 0 Å². The van der Waals surface area contributed by atoms with Crippen LogP contribution in [-0.4, -0.2) is 40.9 Å². The Bertz CT molecular complexity index is 742. The SMILES string of the molecule is CN1CCC(C(=O)Nc2ncc(SCc3ncc(C(C)(C)C)o3)s2)CC1. The van der Waals surface area contributed by atoms with E-state index in [-0.39, 0.29) is 17.2 Å². The van der Waals surface area contributed by atoms with E-state index >= 15 is 0 Å². The van der Waals surface area contributed by atoms with Crippen LogP contribution in [0.25, 0.3) is 0 Å². The average Bonchev–Trinajstić information content (AvgIpc) is 3.22. The molecule has 1 amide bonds. The fourth-order valence-electron chi connectivity index (χ4n) is 2.72. The molecule has 142 valence electrons. The Morgan fingerprint density at radius 3 is 2.73 bits per heavy atom. The summed E-state index contributed by atoms with van der Waals surface area (Å²) in [6.45, 7) is 8.26. The molecule has 6 nitrogen and oxygen atoms in total. The third-order valence-electron chi connectivity index (χ3n) is 4.43. The second kappa shape index (κ2) is 8.10. The molecule has 1 aliphatic rings. The van der Waals surface area contributed by atoms with Crippen LogP contribution in [0.15, 0.2) is 21.0 Å². The van der Waals surface area contributed by atoms with Crippen molar-refractivity contribution in [2.75, 3.05) is 25.5 Å². The lowest BCUT2D eigenvalue weighted by atomic mass is 9.94. The Labute approximate surface area is 162 Å². The van der Waals surface area contributed by atoms with Gasteiger partial charge in [0.25, 0.3) is 0 Å². The van der Waals surface area contributed by atoms with Crippen molar-refractivity contribution in [3.8, 4) is 0 Å². The minimum atomic E-state index is -0.0359. The van der Waals surface area contributed by atoms with Crippen LogP contribution in [0, 0.1) is 5.92 Å². The Balaban J connectivity index is 1.50. The molecule has 0 atom stereocenters. The standard InChI is InChI=1S/C18H26N4O2S2/c1-18(2,3)13-9-19-14(24-13)11-25-15-10-20-17(26-15)21-16(23)12-5-7-22(4)8-6-12/h9-10,12H,5-8,11H2,1-4H3,(H,20,21,23). The van der Waals surface area contributed by atoms with Crippen LogP contribution in [0.4, 0.5) is 5.13 Å². The molecule has 1 N–H and O–H groups in total. The van der Waals surface area contributed by atoms with E-state index in [1.54, 1.807) is 24.2 Å². The second-order valence-corrected chi connectivity index (χ2v) is 10.0. The molecule has 0 unspecified atom stereocenters. The van der Waals surface area contributed by atoms with Gasteiger partial charge in [-0.25, -0.2) is 9.97 Å². The summed E-state index contributed by atoms with van der Waals surface area (Å²) in [5.74, 6) is 2.44. The maximum absolute atomic E-state index is 12.4. The number of thioether (sulfide) groups is 1. The number of nitrogens with zero attached hydrogens (tertiary/aromatic N) is 3. The first-order valence-electron chi connectivity index (χ1n) is 8.84. The highest BCUT2D eigenvalue weighted by molar-refractivity contribution is 8.00. The number of carbonyl (C=O) groups excluding carboxylic acids is 1. The smallest absolute Gasteiger partial charge is 0.229 e. The molecule has 0 spiro atoms. The largest absolute Gasteiger partial charge is 0.444 e. The van der Waals surface area contributed by atoms with Crippen molar-refractivity contribution in [2.45, 2.75) is 49.0 Å². The summed E-state index contributed by atoms with van der Waals surface area (Å²) in [5, 5.41) is 3.63. The average molecular weight is 395 g/mol. The topological polar surface area (TPSA) is 71.3 Å². The molecule has 0 aliphatic carbocycles. The number of aromatic nitrogens is 2. The van der Waals surface area contributed by atoms with Gasteiger partial charge < -0.3 is 14.6 Å². The van der Waals surface area contributed by atoms with Gasteiger partial charge in [-0.15, -0.1) is 11.8 Å². The number of anilines is 1. The fraction of sp³-hybridized carbons (Fsp3) is 0.611. The van der Waals surface area contributed by atoms with Crippen LogP contribution in [0.1, 0.15) is 45.3 Å². The monoisotopic (exact) mass is 394 g/mol. The molecule has 0 radical (unpaired) electrons. The summed E-state index contributed by atoms with van der Waals surface area (Å²) < 4.78 is 6.85. The van der Waals surface area contributed by atoms with Gasteiger partial charge in [0.05, 0.1) is 22.4 Å². The molecular weight excluding hydrogens is 368 g/mol. The van der Waals surface area contributed by atoms with E-state index in [4.69, 9.17) is 4.42 Å². The quantitative estimate of drug-likeness (QED) is 0.773. The third-order valence-corrected chi connectivity index (χ3v) is 6.53. The van der Waals surface area contributed by atoms with E-state index in [1.165, 1.54) is 11.3 Å². The number of hydrogen-bond donors (Lipinski definition) is 1. The van der Waals surface area contributed by atoms with E-state index in [9.17, 15) is 4.79 Å². The van der Waals surface area contributed by atoms with E-state index in [0.717, 1.165) is 35.9 Å². The van der Waals surface area contributed by atoms with Gasteiger partial charge in [0, 0.05) is 11.3 Å². The first-order chi connectivity index (χ1) is 12.3. The van der Waals surface area contributed by atoms with E-state index in [2.05, 4.69) is 48.0 Å². The van der Waals surface area contributed by atoms with E-state index in [0.29, 0.717) is 16.8 Å². The zero-order chi connectivity index (χ0) is 18.7. The normalized spacial score (nSPS) is 16.8. The first-order valence-corrected chi connectivity index (χ1v) is 10.6. The van der Waals surface area contributed by atoms with Crippen LogP contribution in [-0.2, 0) is 16.0 Å². The molecule has 2 aromatic heterocycles. The Kier molecular flexibility index (Phi) is 6.04. The van der Waals surface area contributed by atoms with Crippen molar-refractivity contribution in [3.63, 3.8) is 0 Å². The van der Waals surface area contributed by atoms with Gasteiger partial charge in [-0.2, -0.15) is 0 Å². The van der Waals surface area contributed by atoms with E-state index < -0.39 is 0 Å². The number of carbonyl (C=O) groups is 1. The van der Waals surface area contributed by atoms with Gasteiger partial charge in [0.2, 0.25) is 11.8 Å². The summed E-state index contributed by atoms with van der Waals surface area (Å²) in [6.07, 6.45) is 5.42.